The van der Waals surface area contributed by atoms with Gasteiger partial charge in [0, 0.05) is 24.5 Å². The molecule has 0 fully saturated rings. The fraction of sp³-hybridized carbons (Fsp3) is 0.312. The van der Waals surface area contributed by atoms with Crippen LogP contribution in [0.25, 0.3) is 0 Å². The van der Waals surface area contributed by atoms with Gasteiger partial charge in [0.1, 0.15) is 5.75 Å². The number of ether oxygens (including phenoxy) is 1. The van der Waals surface area contributed by atoms with E-state index >= 15 is 0 Å². The number of hydrogen-bond acceptors (Lipinski definition) is 5. The standard InChI is InChI=1S/C16H18N2O3S/c1-21-13-4-2-11(3-5-13)9-18-7-6-12-8-14(16(19)17-20)22-15(12)10-18/h2-5,8,20H,6-7,9-10H2,1H3,(H,17,19). The minimum absolute atomic E-state index is 0.430. The minimum Gasteiger partial charge on any atom is -0.497 e. The van der Waals surface area contributed by atoms with E-state index in [1.165, 1.54) is 27.3 Å². The Morgan fingerprint density at radius 1 is 1.41 bits per heavy atom. The van der Waals surface area contributed by atoms with Crippen LogP contribution in [0.1, 0.15) is 25.7 Å². The van der Waals surface area contributed by atoms with Crippen molar-refractivity contribution in [1.82, 2.24) is 10.4 Å². The summed E-state index contributed by atoms with van der Waals surface area (Å²) in [5.74, 6) is 0.434. The van der Waals surface area contributed by atoms with Crippen molar-refractivity contribution >= 4 is 17.2 Å². The van der Waals surface area contributed by atoms with Crippen molar-refractivity contribution in [1.29, 1.82) is 0 Å². The summed E-state index contributed by atoms with van der Waals surface area (Å²) in [6.07, 6.45) is 0.931. The highest BCUT2D eigenvalue weighted by Crippen LogP contribution is 2.29. The topological polar surface area (TPSA) is 61.8 Å². The van der Waals surface area contributed by atoms with Crippen molar-refractivity contribution < 1.29 is 14.7 Å². The third-order valence-electron chi connectivity index (χ3n) is 3.85. The molecule has 0 unspecified atom stereocenters. The highest BCUT2D eigenvalue weighted by Gasteiger charge is 2.21. The Balaban J connectivity index is 1.68. The molecule has 2 heterocycles. The van der Waals surface area contributed by atoms with Gasteiger partial charge in [-0.2, -0.15) is 0 Å². The summed E-state index contributed by atoms with van der Waals surface area (Å²) in [6, 6.07) is 9.98. The molecule has 1 aliphatic heterocycles. The molecule has 0 bridgehead atoms. The van der Waals surface area contributed by atoms with Gasteiger partial charge in [0.2, 0.25) is 0 Å². The largest absolute Gasteiger partial charge is 0.497 e. The van der Waals surface area contributed by atoms with Crippen LogP contribution in [0.15, 0.2) is 30.3 Å². The van der Waals surface area contributed by atoms with Crippen molar-refractivity contribution in [3.8, 4) is 5.75 Å². The van der Waals surface area contributed by atoms with Crippen LogP contribution in [-0.4, -0.2) is 29.7 Å². The summed E-state index contributed by atoms with van der Waals surface area (Å²) in [6.45, 7) is 2.68. The Hall–Kier alpha value is -1.89. The Labute approximate surface area is 133 Å². The summed E-state index contributed by atoms with van der Waals surface area (Å²) in [4.78, 5) is 15.6. The van der Waals surface area contributed by atoms with Crippen molar-refractivity contribution in [2.75, 3.05) is 13.7 Å². The smallest absolute Gasteiger partial charge is 0.284 e. The third kappa shape index (κ3) is 3.14. The van der Waals surface area contributed by atoms with Crippen LogP contribution in [0, 0.1) is 0 Å². The minimum atomic E-state index is -0.430. The fourth-order valence-electron chi connectivity index (χ4n) is 2.66. The molecule has 2 N–H and O–H groups in total. The van der Waals surface area contributed by atoms with Gasteiger partial charge in [-0.25, -0.2) is 5.48 Å². The molecule has 1 aromatic carbocycles. The van der Waals surface area contributed by atoms with Gasteiger partial charge in [0.25, 0.3) is 5.91 Å². The highest BCUT2D eigenvalue weighted by molar-refractivity contribution is 7.14. The predicted molar refractivity (Wildman–Crippen MR) is 84.4 cm³/mol. The molecule has 0 saturated heterocycles. The Kier molecular flexibility index (Phi) is 4.42. The van der Waals surface area contributed by atoms with E-state index in [-0.39, 0.29) is 0 Å². The summed E-state index contributed by atoms with van der Waals surface area (Å²) < 4.78 is 5.17. The van der Waals surface area contributed by atoms with Gasteiger partial charge in [0.15, 0.2) is 0 Å². The maximum absolute atomic E-state index is 11.5. The van der Waals surface area contributed by atoms with Gasteiger partial charge in [-0.05, 0) is 35.7 Å². The summed E-state index contributed by atoms with van der Waals surface area (Å²) in [7, 11) is 1.66. The van der Waals surface area contributed by atoms with Crippen LogP contribution >= 0.6 is 11.3 Å². The second-order valence-corrected chi connectivity index (χ2v) is 6.45. The van der Waals surface area contributed by atoms with Gasteiger partial charge in [-0.15, -0.1) is 11.3 Å². The van der Waals surface area contributed by atoms with E-state index in [0.717, 1.165) is 31.8 Å². The average molecular weight is 318 g/mol. The Morgan fingerprint density at radius 2 is 2.18 bits per heavy atom. The fourth-order valence-corrected chi connectivity index (χ4v) is 3.81. The number of hydrogen-bond donors (Lipinski definition) is 2. The number of amides is 1. The van der Waals surface area contributed by atoms with E-state index in [2.05, 4.69) is 17.0 Å². The zero-order valence-corrected chi connectivity index (χ0v) is 13.2. The van der Waals surface area contributed by atoms with Crippen LogP contribution in [-0.2, 0) is 19.5 Å². The van der Waals surface area contributed by atoms with E-state index in [1.807, 2.05) is 18.2 Å². The number of nitrogens with one attached hydrogen (secondary N) is 1. The molecule has 0 saturated carbocycles. The molecule has 1 aliphatic rings. The lowest BCUT2D eigenvalue weighted by atomic mass is 10.1. The number of carbonyl (C=O) groups excluding carboxylic acids is 1. The second kappa shape index (κ2) is 6.48. The normalized spacial score (nSPS) is 14.5. The van der Waals surface area contributed by atoms with Crippen LogP contribution < -0.4 is 10.2 Å². The third-order valence-corrected chi connectivity index (χ3v) is 5.01. The molecule has 3 rings (SSSR count). The first-order chi connectivity index (χ1) is 10.7. The molecular formula is C16H18N2O3S. The van der Waals surface area contributed by atoms with Crippen molar-refractivity contribution in [2.24, 2.45) is 0 Å². The van der Waals surface area contributed by atoms with Gasteiger partial charge in [0.05, 0.1) is 12.0 Å². The number of methoxy groups -OCH3 is 1. The van der Waals surface area contributed by atoms with Gasteiger partial charge >= 0.3 is 0 Å². The highest BCUT2D eigenvalue weighted by atomic mass is 32.1. The molecule has 116 valence electrons. The number of carbonyl (C=O) groups is 1. The number of hydroxylamine groups is 1. The van der Waals surface area contributed by atoms with E-state index in [9.17, 15) is 4.79 Å². The number of rotatable bonds is 4. The summed E-state index contributed by atoms with van der Waals surface area (Å²) in [5, 5.41) is 8.73. The number of nitrogens with zero attached hydrogens (tertiary/aromatic N) is 1. The quantitative estimate of drug-likeness (QED) is 0.671. The molecule has 1 amide bonds. The van der Waals surface area contributed by atoms with Crippen LogP contribution in [0.3, 0.4) is 0 Å². The van der Waals surface area contributed by atoms with Gasteiger partial charge in [-0.1, -0.05) is 12.1 Å². The molecule has 2 aromatic rings. The van der Waals surface area contributed by atoms with Crippen molar-refractivity contribution in [3.63, 3.8) is 0 Å². The van der Waals surface area contributed by atoms with Crippen molar-refractivity contribution in [3.05, 3.63) is 51.2 Å². The lowest BCUT2D eigenvalue weighted by Gasteiger charge is -2.26. The zero-order chi connectivity index (χ0) is 15.5. The van der Waals surface area contributed by atoms with E-state index < -0.39 is 5.91 Å². The molecule has 1 aromatic heterocycles. The van der Waals surface area contributed by atoms with E-state index in [1.54, 1.807) is 12.6 Å². The maximum atomic E-state index is 11.5. The van der Waals surface area contributed by atoms with E-state index in [4.69, 9.17) is 9.94 Å². The molecular weight excluding hydrogens is 300 g/mol. The Morgan fingerprint density at radius 3 is 2.86 bits per heavy atom. The van der Waals surface area contributed by atoms with Crippen molar-refractivity contribution in [2.45, 2.75) is 19.5 Å². The lowest BCUT2D eigenvalue weighted by Crippen LogP contribution is -2.28. The second-order valence-electron chi connectivity index (χ2n) is 5.31. The number of benzene rings is 1. The lowest BCUT2D eigenvalue weighted by molar-refractivity contribution is 0.0711. The maximum Gasteiger partial charge on any atom is 0.284 e. The van der Waals surface area contributed by atoms with Gasteiger partial charge < -0.3 is 4.74 Å². The number of thiophene rings is 1. The number of fused-ring (bicyclic) bond motifs is 1. The van der Waals surface area contributed by atoms with E-state index in [0.29, 0.717) is 4.88 Å². The zero-order valence-electron chi connectivity index (χ0n) is 12.3. The van der Waals surface area contributed by atoms with Crippen LogP contribution in [0.4, 0.5) is 0 Å². The summed E-state index contributed by atoms with van der Waals surface area (Å²) in [5.41, 5.74) is 4.16. The molecule has 0 aliphatic carbocycles. The molecule has 6 heteroatoms. The first-order valence-corrected chi connectivity index (χ1v) is 7.92. The summed E-state index contributed by atoms with van der Waals surface area (Å²) >= 11 is 1.45. The predicted octanol–water partition coefficient (Wildman–Crippen LogP) is 2.43. The molecule has 0 atom stereocenters. The monoisotopic (exact) mass is 318 g/mol. The first kappa shape index (κ1) is 15.0. The molecule has 5 nitrogen and oxygen atoms in total. The average Bonchev–Trinajstić information content (AvgIpc) is 2.98. The van der Waals surface area contributed by atoms with Crippen LogP contribution in [0.2, 0.25) is 0 Å². The van der Waals surface area contributed by atoms with Crippen LogP contribution in [0.5, 0.6) is 5.75 Å². The van der Waals surface area contributed by atoms with Gasteiger partial charge in [-0.3, -0.25) is 14.9 Å². The molecule has 0 spiro atoms. The SMILES string of the molecule is COc1ccc(CN2CCc3cc(C(=O)NO)sc3C2)cc1. The molecule has 0 radical (unpaired) electrons. The Bertz CT molecular complexity index is 667. The molecule has 22 heavy (non-hydrogen) atoms. The first-order valence-electron chi connectivity index (χ1n) is 7.11.